The van der Waals surface area contributed by atoms with Gasteiger partial charge >= 0.3 is 7.12 Å². The molecular weight excluding hydrogens is 253 g/mol. The van der Waals surface area contributed by atoms with E-state index in [1.165, 1.54) is 0 Å². The second kappa shape index (κ2) is 4.06. The van der Waals surface area contributed by atoms with Crippen LogP contribution in [0, 0.1) is 6.92 Å². The highest BCUT2D eigenvalue weighted by Gasteiger charge is 2.53. The van der Waals surface area contributed by atoms with Crippen molar-refractivity contribution < 1.29 is 14.4 Å². The lowest BCUT2D eigenvalue weighted by Crippen LogP contribution is -2.41. The van der Waals surface area contributed by atoms with Crippen molar-refractivity contribution in [1.29, 1.82) is 0 Å². The van der Waals surface area contributed by atoms with E-state index in [1.807, 2.05) is 34.6 Å². The minimum atomic E-state index is -0.684. The van der Waals surface area contributed by atoms with E-state index in [0.29, 0.717) is 0 Å². The van der Waals surface area contributed by atoms with Gasteiger partial charge in [0.15, 0.2) is 0 Å². The smallest absolute Gasteiger partial charge is 0.399 e. The van der Waals surface area contributed by atoms with Crippen molar-refractivity contribution in [3.05, 3.63) is 23.5 Å². The molecule has 0 atom stereocenters. The average molecular weight is 275 g/mol. The summed E-state index contributed by atoms with van der Waals surface area (Å²) in [4.78, 5) is 4.27. The fourth-order valence-corrected chi connectivity index (χ4v) is 2.61. The lowest BCUT2D eigenvalue weighted by molar-refractivity contribution is 0.00578. The summed E-state index contributed by atoms with van der Waals surface area (Å²) < 4.78 is 12.2. The first kappa shape index (κ1) is 14.0. The zero-order chi connectivity index (χ0) is 14.8. The van der Waals surface area contributed by atoms with Crippen LogP contribution in [-0.2, 0) is 14.9 Å². The number of aromatic nitrogens is 1. The van der Waals surface area contributed by atoms with Crippen LogP contribution in [-0.4, -0.2) is 28.4 Å². The number of hydrogen-bond donors (Lipinski definition) is 1. The SMILES string of the molecule is Cc1c(B2OC(C)(C)C(C)(C)O2)cncc1C1(O)CC1. The Morgan fingerprint density at radius 2 is 1.65 bits per heavy atom. The summed E-state index contributed by atoms with van der Waals surface area (Å²) in [5.41, 5.74) is 1.44. The maximum absolute atomic E-state index is 10.3. The Bertz CT molecular complexity index is 536. The minimum absolute atomic E-state index is 0.364. The number of rotatable bonds is 2. The van der Waals surface area contributed by atoms with E-state index in [2.05, 4.69) is 4.98 Å². The second-order valence-corrected chi connectivity index (χ2v) is 7.02. The molecule has 2 fully saturated rings. The van der Waals surface area contributed by atoms with Crippen LogP contribution in [0.5, 0.6) is 0 Å². The molecule has 1 saturated carbocycles. The van der Waals surface area contributed by atoms with E-state index in [0.717, 1.165) is 29.4 Å². The molecule has 1 aromatic heterocycles. The quantitative estimate of drug-likeness (QED) is 0.834. The summed E-state index contributed by atoms with van der Waals surface area (Å²) in [6, 6.07) is 0. The molecule has 5 heteroatoms. The maximum Gasteiger partial charge on any atom is 0.496 e. The van der Waals surface area contributed by atoms with Crippen molar-refractivity contribution in [2.24, 2.45) is 0 Å². The fraction of sp³-hybridized carbons (Fsp3) is 0.667. The lowest BCUT2D eigenvalue weighted by atomic mass is 9.75. The number of hydrogen-bond acceptors (Lipinski definition) is 4. The van der Waals surface area contributed by atoms with Gasteiger partial charge in [-0.3, -0.25) is 4.98 Å². The van der Waals surface area contributed by atoms with Crippen molar-refractivity contribution in [3.63, 3.8) is 0 Å². The molecular formula is C15H22BNO3. The van der Waals surface area contributed by atoms with Crippen molar-refractivity contribution in [2.75, 3.05) is 0 Å². The van der Waals surface area contributed by atoms with Crippen LogP contribution < -0.4 is 5.46 Å². The van der Waals surface area contributed by atoms with Gasteiger partial charge in [-0.15, -0.1) is 0 Å². The first-order valence-electron chi connectivity index (χ1n) is 7.19. The zero-order valence-corrected chi connectivity index (χ0v) is 12.9. The van der Waals surface area contributed by atoms with Crippen LogP contribution in [0.2, 0.25) is 0 Å². The number of aliphatic hydroxyl groups is 1. The van der Waals surface area contributed by atoms with E-state index >= 15 is 0 Å². The van der Waals surface area contributed by atoms with E-state index < -0.39 is 12.7 Å². The molecule has 2 heterocycles. The van der Waals surface area contributed by atoms with Gasteiger partial charge in [-0.1, -0.05) is 0 Å². The third kappa shape index (κ3) is 2.00. The largest absolute Gasteiger partial charge is 0.496 e. The van der Waals surface area contributed by atoms with Crippen molar-refractivity contribution >= 4 is 12.6 Å². The van der Waals surface area contributed by atoms with Gasteiger partial charge in [0.05, 0.1) is 16.8 Å². The number of nitrogens with zero attached hydrogens (tertiary/aromatic N) is 1. The molecule has 1 aliphatic heterocycles. The summed E-state index contributed by atoms with van der Waals surface area (Å²) >= 11 is 0. The van der Waals surface area contributed by atoms with Crippen LogP contribution >= 0.6 is 0 Å². The van der Waals surface area contributed by atoms with Gasteiger partial charge in [-0.2, -0.15) is 0 Å². The molecule has 0 amide bonds. The lowest BCUT2D eigenvalue weighted by Gasteiger charge is -2.32. The van der Waals surface area contributed by atoms with Gasteiger partial charge in [-0.25, -0.2) is 0 Å². The van der Waals surface area contributed by atoms with Crippen LogP contribution in [0.4, 0.5) is 0 Å². The predicted octanol–water partition coefficient (Wildman–Crippen LogP) is 1.67. The van der Waals surface area contributed by atoms with E-state index in [1.54, 1.807) is 12.4 Å². The normalized spacial score (nSPS) is 25.8. The summed E-state index contributed by atoms with van der Waals surface area (Å²) in [7, 11) is -0.421. The summed E-state index contributed by atoms with van der Waals surface area (Å²) in [5, 5.41) is 10.3. The Balaban J connectivity index is 1.97. The Morgan fingerprint density at radius 1 is 1.10 bits per heavy atom. The fourth-order valence-electron chi connectivity index (χ4n) is 2.61. The molecule has 3 rings (SSSR count). The van der Waals surface area contributed by atoms with Crippen LogP contribution in [0.3, 0.4) is 0 Å². The van der Waals surface area contributed by atoms with Crippen LogP contribution in [0.15, 0.2) is 12.4 Å². The first-order valence-corrected chi connectivity index (χ1v) is 7.19. The predicted molar refractivity (Wildman–Crippen MR) is 77.8 cm³/mol. The Hall–Kier alpha value is -0.905. The molecule has 0 bridgehead atoms. The average Bonchev–Trinajstić information content (AvgIpc) is 3.01. The van der Waals surface area contributed by atoms with Gasteiger partial charge in [0, 0.05) is 23.4 Å². The molecule has 1 aromatic rings. The molecule has 0 spiro atoms. The van der Waals surface area contributed by atoms with Gasteiger partial charge in [0.1, 0.15) is 0 Å². The second-order valence-electron chi connectivity index (χ2n) is 7.02. The highest BCUT2D eigenvalue weighted by Crippen LogP contribution is 2.46. The molecule has 2 aliphatic rings. The van der Waals surface area contributed by atoms with Gasteiger partial charge in [0.25, 0.3) is 0 Å². The van der Waals surface area contributed by atoms with Gasteiger partial charge < -0.3 is 14.4 Å². The maximum atomic E-state index is 10.3. The Morgan fingerprint density at radius 3 is 2.15 bits per heavy atom. The van der Waals surface area contributed by atoms with Crippen molar-refractivity contribution in [2.45, 2.75) is 64.3 Å². The molecule has 0 aromatic carbocycles. The summed E-state index contributed by atoms with van der Waals surface area (Å²) in [6.07, 6.45) is 5.16. The third-order valence-corrected chi connectivity index (χ3v) is 4.99. The molecule has 20 heavy (non-hydrogen) atoms. The molecule has 108 valence electrons. The minimum Gasteiger partial charge on any atom is -0.399 e. The first-order chi connectivity index (χ1) is 9.16. The van der Waals surface area contributed by atoms with Crippen LogP contribution in [0.1, 0.15) is 51.7 Å². The molecule has 0 radical (unpaired) electrons. The highest BCUT2D eigenvalue weighted by atomic mass is 16.7. The van der Waals surface area contributed by atoms with Crippen molar-refractivity contribution in [3.8, 4) is 0 Å². The molecule has 1 N–H and O–H groups in total. The summed E-state index contributed by atoms with van der Waals surface area (Å²) in [5.74, 6) is 0. The number of pyridine rings is 1. The van der Waals surface area contributed by atoms with Crippen molar-refractivity contribution in [1.82, 2.24) is 4.98 Å². The monoisotopic (exact) mass is 275 g/mol. The molecule has 4 nitrogen and oxygen atoms in total. The van der Waals surface area contributed by atoms with E-state index in [9.17, 15) is 5.11 Å². The Kier molecular flexibility index (Phi) is 2.85. The topological polar surface area (TPSA) is 51.6 Å². The molecule has 1 aliphatic carbocycles. The highest BCUT2D eigenvalue weighted by molar-refractivity contribution is 6.62. The standard InChI is InChI=1S/C15H22BNO3/c1-10-11(15(18)6-7-15)8-17-9-12(10)16-19-13(2,3)14(4,5)20-16/h8-9,18H,6-7H2,1-5H3. The Labute approximate surface area is 120 Å². The third-order valence-electron chi connectivity index (χ3n) is 4.99. The van der Waals surface area contributed by atoms with E-state index in [4.69, 9.17) is 9.31 Å². The molecule has 0 unspecified atom stereocenters. The zero-order valence-electron chi connectivity index (χ0n) is 12.9. The van der Waals surface area contributed by atoms with Gasteiger partial charge in [0.2, 0.25) is 0 Å². The summed E-state index contributed by atoms with van der Waals surface area (Å²) in [6.45, 7) is 10.2. The van der Waals surface area contributed by atoms with Crippen LogP contribution in [0.25, 0.3) is 0 Å². The van der Waals surface area contributed by atoms with Gasteiger partial charge in [-0.05, 0) is 53.0 Å². The molecule has 1 saturated heterocycles. The van der Waals surface area contributed by atoms with E-state index in [-0.39, 0.29) is 11.2 Å².